The molecule has 1 N–H and O–H groups in total. The van der Waals surface area contributed by atoms with Crippen molar-refractivity contribution < 1.29 is 18.7 Å². The van der Waals surface area contributed by atoms with Gasteiger partial charge >= 0.3 is 0 Å². The van der Waals surface area contributed by atoms with Crippen LogP contribution >= 0.6 is 0 Å². The number of rotatable bonds is 7. The number of benzene rings is 1. The van der Waals surface area contributed by atoms with Gasteiger partial charge in [0.15, 0.2) is 0 Å². The average molecular weight is 436 g/mol. The number of pyridine rings is 1. The standard InChI is InChI=1S/C24H25FN4O3/c1-3-19(29-23(30)13-4-7-21(31-2)26-11-13)22-16-9-15(10-17(16)22)32-24-18-8-14(25)5-6-20(18)27-12-28-24/h4-8,11-12,15-17,19,22H,3,9-10H2,1-2H3,(H,29,30)/t15?,16-,17-,19-,22?/m1/s1. The number of nitrogens with one attached hydrogen (secondary N) is 1. The highest BCUT2D eigenvalue weighted by atomic mass is 19.1. The second-order valence-corrected chi connectivity index (χ2v) is 8.53. The van der Waals surface area contributed by atoms with Gasteiger partial charge in [-0.2, -0.15) is 0 Å². The minimum atomic E-state index is -0.333. The Morgan fingerprint density at radius 2 is 2.00 bits per heavy atom. The predicted molar refractivity (Wildman–Crippen MR) is 116 cm³/mol. The Morgan fingerprint density at radius 3 is 2.69 bits per heavy atom. The summed E-state index contributed by atoms with van der Waals surface area (Å²) in [6, 6.07) is 7.96. The Morgan fingerprint density at radius 1 is 1.19 bits per heavy atom. The zero-order valence-electron chi connectivity index (χ0n) is 18.0. The van der Waals surface area contributed by atoms with Crippen molar-refractivity contribution in [3.8, 4) is 11.8 Å². The number of ether oxygens (including phenoxy) is 2. The molecule has 1 aromatic carbocycles. The van der Waals surface area contributed by atoms with Crippen LogP contribution in [0.3, 0.4) is 0 Å². The minimum Gasteiger partial charge on any atom is -0.481 e. The van der Waals surface area contributed by atoms with Crippen molar-refractivity contribution in [2.24, 2.45) is 17.8 Å². The van der Waals surface area contributed by atoms with Crippen LogP contribution in [0.1, 0.15) is 36.5 Å². The van der Waals surface area contributed by atoms with Crippen LogP contribution in [-0.4, -0.2) is 40.1 Å². The van der Waals surface area contributed by atoms with E-state index in [0.717, 1.165) is 19.3 Å². The van der Waals surface area contributed by atoms with E-state index in [1.54, 1.807) is 25.3 Å². The van der Waals surface area contributed by atoms with Crippen molar-refractivity contribution in [1.29, 1.82) is 0 Å². The van der Waals surface area contributed by atoms with Crippen LogP contribution in [0.4, 0.5) is 4.39 Å². The van der Waals surface area contributed by atoms with Crippen LogP contribution in [0.25, 0.3) is 10.9 Å². The summed E-state index contributed by atoms with van der Waals surface area (Å²) in [4.78, 5) is 25.2. The van der Waals surface area contributed by atoms with Gasteiger partial charge < -0.3 is 14.8 Å². The quantitative estimate of drug-likeness (QED) is 0.607. The zero-order chi connectivity index (χ0) is 22.2. The van der Waals surface area contributed by atoms with E-state index in [0.29, 0.717) is 46.0 Å². The summed E-state index contributed by atoms with van der Waals surface area (Å²) in [6.07, 6.45) is 5.72. The molecule has 7 nitrogen and oxygen atoms in total. The van der Waals surface area contributed by atoms with Crippen molar-refractivity contribution >= 4 is 16.8 Å². The minimum absolute atomic E-state index is 0.0432. The summed E-state index contributed by atoms with van der Waals surface area (Å²) in [7, 11) is 1.55. The highest BCUT2D eigenvalue weighted by molar-refractivity contribution is 5.94. The van der Waals surface area contributed by atoms with Gasteiger partial charge in [0, 0.05) is 18.3 Å². The molecule has 2 aromatic heterocycles. The highest BCUT2D eigenvalue weighted by Gasteiger charge is 2.59. The first-order valence-electron chi connectivity index (χ1n) is 10.9. The lowest BCUT2D eigenvalue weighted by atomic mass is 10.00. The van der Waals surface area contributed by atoms with Crippen molar-refractivity contribution in [3.05, 3.63) is 54.2 Å². The average Bonchev–Trinajstić information content (AvgIpc) is 3.31. The van der Waals surface area contributed by atoms with Gasteiger partial charge in [-0.3, -0.25) is 4.79 Å². The number of amides is 1. The maximum atomic E-state index is 13.7. The van der Waals surface area contributed by atoms with E-state index in [1.807, 2.05) is 0 Å². The molecule has 0 unspecified atom stereocenters. The molecule has 0 radical (unpaired) electrons. The molecule has 2 fully saturated rings. The fourth-order valence-corrected chi connectivity index (χ4v) is 5.15. The van der Waals surface area contributed by atoms with Gasteiger partial charge in [-0.15, -0.1) is 0 Å². The van der Waals surface area contributed by atoms with Crippen LogP contribution < -0.4 is 14.8 Å². The number of halogens is 1. The van der Waals surface area contributed by atoms with E-state index in [2.05, 4.69) is 27.2 Å². The molecule has 5 rings (SSSR count). The summed E-state index contributed by atoms with van der Waals surface area (Å²) < 4.78 is 24.9. The van der Waals surface area contributed by atoms with E-state index in [-0.39, 0.29) is 23.9 Å². The second-order valence-electron chi connectivity index (χ2n) is 8.53. The number of fused-ring (bicyclic) bond motifs is 2. The second kappa shape index (κ2) is 8.33. The Kier molecular flexibility index (Phi) is 5.36. The molecule has 2 aliphatic carbocycles. The summed E-state index contributed by atoms with van der Waals surface area (Å²) in [5.74, 6) is 1.96. The van der Waals surface area contributed by atoms with Crippen LogP contribution in [0.5, 0.6) is 11.8 Å². The van der Waals surface area contributed by atoms with Gasteiger partial charge in [-0.1, -0.05) is 6.92 Å². The first-order valence-corrected chi connectivity index (χ1v) is 10.9. The third-order valence-electron chi connectivity index (χ3n) is 6.74. The Labute approximate surface area is 185 Å². The lowest BCUT2D eigenvalue weighted by Gasteiger charge is -2.22. The maximum Gasteiger partial charge on any atom is 0.253 e. The fraction of sp³-hybridized carbons (Fsp3) is 0.417. The highest BCUT2D eigenvalue weighted by Crippen LogP contribution is 2.60. The molecule has 0 aliphatic heterocycles. The lowest BCUT2D eigenvalue weighted by Crippen LogP contribution is -2.37. The van der Waals surface area contributed by atoms with Crippen LogP contribution in [0.2, 0.25) is 0 Å². The number of hydrogen-bond acceptors (Lipinski definition) is 6. The predicted octanol–water partition coefficient (Wildman–Crippen LogP) is 3.78. The molecule has 8 heteroatoms. The number of aromatic nitrogens is 3. The summed E-state index contributed by atoms with van der Waals surface area (Å²) >= 11 is 0. The number of carbonyl (C=O) groups excluding carboxylic acids is 1. The largest absolute Gasteiger partial charge is 0.481 e. The van der Waals surface area contributed by atoms with Gasteiger partial charge in [-0.05, 0) is 61.3 Å². The molecular weight excluding hydrogens is 411 g/mol. The molecule has 166 valence electrons. The molecule has 2 aliphatic rings. The summed E-state index contributed by atoms with van der Waals surface area (Å²) in [5.41, 5.74) is 1.19. The maximum absolute atomic E-state index is 13.7. The smallest absolute Gasteiger partial charge is 0.253 e. The number of methoxy groups -OCH3 is 1. The zero-order valence-corrected chi connectivity index (χ0v) is 18.0. The van der Waals surface area contributed by atoms with E-state index < -0.39 is 0 Å². The number of carbonyl (C=O) groups is 1. The Balaban J connectivity index is 1.20. The fourth-order valence-electron chi connectivity index (χ4n) is 5.15. The van der Waals surface area contributed by atoms with Crippen LogP contribution in [0, 0.1) is 23.6 Å². The van der Waals surface area contributed by atoms with Gasteiger partial charge in [0.2, 0.25) is 11.8 Å². The summed E-state index contributed by atoms with van der Waals surface area (Å²) in [6.45, 7) is 2.10. The third-order valence-corrected chi connectivity index (χ3v) is 6.74. The molecule has 2 heterocycles. The normalized spacial score (nSPS) is 22.9. The van der Waals surface area contributed by atoms with Gasteiger partial charge in [0.1, 0.15) is 18.2 Å². The van der Waals surface area contributed by atoms with Crippen molar-refractivity contribution in [3.63, 3.8) is 0 Å². The topological polar surface area (TPSA) is 86.2 Å². The molecule has 32 heavy (non-hydrogen) atoms. The van der Waals surface area contributed by atoms with Crippen LogP contribution in [-0.2, 0) is 0 Å². The van der Waals surface area contributed by atoms with Crippen molar-refractivity contribution in [2.45, 2.75) is 38.3 Å². The van der Waals surface area contributed by atoms with Crippen molar-refractivity contribution in [2.75, 3.05) is 7.11 Å². The molecule has 0 bridgehead atoms. The molecule has 1 amide bonds. The summed E-state index contributed by atoms with van der Waals surface area (Å²) in [5, 5.41) is 3.78. The third kappa shape index (κ3) is 3.85. The molecule has 0 spiro atoms. The molecule has 0 saturated heterocycles. The van der Waals surface area contributed by atoms with Gasteiger partial charge in [0.25, 0.3) is 5.91 Å². The van der Waals surface area contributed by atoms with E-state index in [9.17, 15) is 9.18 Å². The van der Waals surface area contributed by atoms with Crippen LogP contribution in [0.15, 0.2) is 42.9 Å². The van der Waals surface area contributed by atoms with E-state index in [4.69, 9.17) is 9.47 Å². The van der Waals surface area contributed by atoms with E-state index >= 15 is 0 Å². The SMILES string of the molecule is CC[C@@H](NC(=O)c1ccc(OC)nc1)C1[C@@H]2CC(Oc3ncnc4ccc(F)cc34)C[C@@H]12. The number of hydrogen-bond donors (Lipinski definition) is 1. The Hall–Kier alpha value is -3.29. The molecule has 3 atom stereocenters. The van der Waals surface area contributed by atoms with Gasteiger partial charge in [0.05, 0.1) is 23.6 Å². The molecular formula is C24H25FN4O3. The first-order chi connectivity index (χ1) is 15.6. The van der Waals surface area contributed by atoms with E-state index in [1.165, 1.54) is 24.7 Å². The first kappa shape index (κ1) is 20.6. The lowest BCUT2D eigenvalue weighted by molar-refractivity contribution is 0.0923. The monoisotopic (exact) mass is 436 g/mol. The molecule has 3 aromatic rings. The Bertz CT molecular complexity index is 1130. The number of nitrogens with zero attached hydrogens (tertiary/aromatic N) is 3. The van der Waals surface area contributed by atoms with Crippen molar-refractivity contribution in [1.82, 2.24) is 20.3 Å². The molecule has 2 saturated carbocycles. The van der Waals surface area contributed by atoms with Gasteiger partial charge in [-0.25, -0.2) is 19.3 Å².